The van der Waals surface area contributed by atoms with Crippen LogP contribution in [-0.2, 0) is 9.47 Å². The lowest BCUT2D eigenvalue weighted by atomic mass is 9.79. The Hall–Kier alpha value is -0.810. The van der Waals surface area contributed by atoms with Gasteiger partial charge in [0.2, 0.25) is 0 Å². The van der Waals surface area contributed by atoms with Crippen LogP contribution in [0.15, 0.2) is 0 Å². The second kappa shape index (κ2) is 5.53. The van der Waals surface area contributed by atoms with Crippen LogP contribution in [0.2, 0.25) is 0 Å². The molecule has 2 fully saturated rings. The van der Waals surface area contributed by atoms with Crippen molar-refractivity contribution in [2.75, 3.05) is 13.2 Å². The molecule has 20 heavy (non-hydrogen) atoms. The Labute approximate surface area is 121 Å². The zero-order chi connectivity index (χ0) is 15.0. The monoisotopic (exact) mass is 285 g/mol. The van der Waals surface area contributed by atoms with E-state index in [0.717, 1.165) is 12.8 Å². The van der Waals surface area contributed by atoms with Gasteiger partial charge < -0.3 is 14.6 Å². The molecule has 0 radical (unpaired) electrons. The molecule has 0 aromatic rings. The van der Waals surface area contributed by atoms with Crippen LogP contribution in [0.1, 0.15) is 53.4 Å². The molecule has 0 aromatic heterocycles. The number of piperidine rings is 1. The predicted octanol–water partition coefficient (Wildman–Crippen LogP) is 2.32. The van der Waals surface area contributed by atoms with Crippen LogP contribution in [0, 0.1) is 0 Å². The summed E-state index contributed by atoms with van der Waals surface area (Å²) in [5.41, 5.74) is -1.16. The van der Waals surface area contributed by atoms with E-state index >= 15 is 0 Å². The van der Waals surface area contributed by atoms with Crippen LogP contribution in [0.4, 0.5) is 4.79 Å². The molecule has 0 aliphatic carbocycles. The maximum atomic E-state index is 12.4. The molecule has 2 heterocycles. The van der Waals surface area contributed by atoms with E-state index in [-0.39, 0.29) is 18.2 Å². The van der Waals surface area contributed by atoms with E-state index in [1.165, 1.54) is 0 Å². The van der Waals surface area contributed by atoms with Gasteiger partial charge in [0.25, 0.3) is 0 Å². The first-order chi connectivity index (χ1) is 9.24. The lowest BCUT2D eigenvalue weighted by Gasteiger charge is -2.51. The fourth-order valence-corrected chi connectivity index (χ4v) is 3.36. The lowest BCUT2D eigenvalue weighted by Crippen LogP contribution is -2.64. The summed E-state index contributed by atoms with van der Waals surface area (Å²) in [6, 6.07) is -0.150. The van der Waals surface area contributed by atoms with Crippen LogP contribution in [0.5, 0.6) is 0 Å². The van der Waals surface area contributed by atoms with Crippen LogP contribution in [0.25, 0.3) is 0 Å². The van der Waals surface area contributed by atoms with E-state index in [2.05, 4.69) is 6.92 Å². The number of carbonyl (C=O) groups excluding carboxylic acids is 1. The topological polar surface area (TPSA) is 59.0 Å². The Morgan fingerprint density at radius 2 is 1.90 bits per heavy atom. The Kier molecular flexibility index (Phi) is 4.30. The zero-order valence-corrected chi connectivity index (χ0v) is 13.0. The summed E-state index contributed by atoms with van der Waals surface area (Å²) in [6.07, 6.45) is 2.60. The second-order valence-corrected chi connectivity index (χ2v) is 7.12. The Morgan fingerprint density at radius 3 is 2.35 bits per heavy atom. The number of rotatable bonds is 2. The smallest absolute Gasteiger partial charge is 0.410 e. The van der Waals surface area contributed by atoms with Gasteiger partial charge in [-0.2, -0.15) is 0 Å². The summed E-state index contributed by atoms with van der Waals surface area (Å²) in [7, 11) is 0. The molecule has 0 saturated carbocycles. The van der Waals surface area contributed by atoms with Crippen LogP contribution >= 0.6 is 0 Å². The first-order valence-electron chi connectivity index (χ1n) is 7.55. The SMILES string of the molecule is CCCC1(O)CC2COCC(C1)N2C(=O)OC(C)(C)C. The highest BCUT2D eigenvalue weighted by Gasteiger charge is 2.48. The standard InChI is InChI=1S/C15H27NO4/c1-5-6-15(18)7-11-9-19-10-12(8-15)16(11)13(17)20-14(2,3)4/h11-12,18H,5-10H2,1-4H3. The summed E-state index contributed by atoms with van der Waals surface area (Å²) in [5.74, 6) is 0. The molecule has 0 spiro atoms. The summed E-state index contributed by atoms with van der Waals surface area (Å²) in [6.45, 7) is 8.66. The first kappa shape index (κ1) is 15.6. The third kappa shape index (κ3) is 3.44. The van der Waals surface area contributed by atoms with Crippen LogP contribution in [-0.4, -0.2) is 52.6 Å². The number of fused-ring (bicyclic) bond motifs is 2. The average Bonchev–Trinajstić information content (AvgIpc) is 2.24. The predicted molar refractivity (Wildman–Crippen MR) is 75.6 cm³/mol. The molecule has 1 amide bonds. The van der Waals surface area contributed by atoms with Crippen molar-refractivity contribution in [3.8, 4) is 0 Å². The van der Waals surface area contributed by atoms with Crippen molar-refractivity contribution < 1.29 is 19.4 Å². The number of nitrogens with zero attached hydrogens (tertiary/aromatic N) is 1. The normalized spacial score (nSPS) is 34.0. The van der Waals surface area contributed by atoms with Gasteiger partial charge in [0, 0.05) is 0 Å². The van der Waals surface area contributed by atoms with Crippen LogP contribution in [0.3, 0.4) is 0 Å². The van der Waals surface area contributed by atoms with Crippen molar-refractivity contribution in [3.05, 3.63) is 0 Å². The van der Waals surface area contributed by atoms with Crippen molar-refractivity contribution in [2.24, 2.45) is 0 Å². The third-order valence-corrected chi connectivity index (χ3v) is 3.96. The highest BCUT2D eigenvalue weighted by Crippen LogP contribution is 2.37. The van der Waals surface area contributed by atoms with Gasteiger partial charge in [-0.1, -0.05) is 13.3 Å². The fourth-order valence-electron chi connectivity index (χ4n) is 3.36. The zero-order valence-electron chi connectivity index (χ0n) is 13.0. The minimum Gasteiger partial charge on any atom is -0.444 e. The number of amides is 1. The number of aliphatic hydroxyl groups is 1. The first-order valence-corrected chi connectivity index (χ1v) is 7.55. The van der Waals surface area contributed by atoms with Gasteiger partial charge in [0.05, 0.1) is 30.9 Å². The molecule has 1 N–H and O–H groups in total. The van der Waals surface area contributed by atoms with Gasteiger partial charge >= 0.3 is 6.09 Å². The summed E-state index contributed by atoms with van der Waals surface area (Å²) in [5, 5.41) is 10.7. The molecule has 5 heteroatoms. The van der Waals surface area contributed by atoms with Crippen molar-refractivity contribution >= 4 is 6.09 Å². The molecular formula is C15H27NO4. The minimum absolute atomic E-state index is 0.0751. The molecule has 2 unspecified atom stereocenters. The van der Waals surface area contributed by atoms with Gasteiger partial charge in [-0.3, -0.25) is 4.90 Å². The van der Waals surface area contributed by atoms with Crippen molar-refractivity contribution in [3.63, 3.8) is 0 Å². The Bertz CT molecular complexity index is 349. The second-order valence-electron chi connectivity index (χ2n) is 7.12. The number of ether oxygens (including phenoxy) is 2. The largest absolute Gasteiger partial charge is 0.444 e. The number of morpholine rings is 1. The number of carbonyl (C=O) groups is 1. The summed E-state index contributed by atoms with van der Waals surface area (Å²) < 4.78 is 11.0. The van der Waals surface area contributed by atoms with Crippen molar-refractivity contribution in [1.82, 2.24) is 4.90 Å². The molecule has 0 aromatic carbocycles. The van der Waals surface area contributed by atoms with E-state index < -0.39 is 11.2 Å². The van der Waals surface area contributed by atoms with Gasteiger partial charge in [0.15, 0.2) is 0 Å². The molecule has 116 valence electrons. The molecular weight excluding hydrogens is 258 g/mol. The van der Waals surface area contributed by atoms with Gasteiger partial charge in [0.1, 0.15) is 5.60 Å². The fraction of sp³-hybridized carbons (Fsp3) is 0.933. The maximum absolute atomic E-state index is 12.4. The average molecular weight is 285 g/mol. The Balaban J connectivity index is 2.10. The summed E-state index contributed by atoms with van der Waals surface area (Å²) >= 11 is 0. The highest BCUT2D eigenvalue weighted by molar-refractivity contribution is 5.69. The van der Waals surface area contributed by atoms with Crippen molar-refractivity contribution in [2.45, 2.75) is 76.7 Å². The molecule has 2 bridgehead atoms. The van der Waals surface area contributed by atoms with E-state index in [4.69, 9.17) is 9.47 Å². The van der Waals surface area contributed by atoms with Crippen LogP contribution < -0.4 is 0 Å². The molecule has 2 aliphatic heterocycles. The van der Waals surface area contributed by atoms with Gasteiger partial charge in [-0.15, -0.1) is 0 Å². The number of hydrogen-bond donors (Lipinski definition) is 1. The van der Waals surface area contributed by atoms with E-state index in [1.807, 2.05) is 20.8 Å². The lowest BCUT2D eigenvalue weighted by molar-refractivity contribution is -0.140. The van der Waals surface area contributed by atoms with Gasteiger partial charge in [-0.05, 0) is 40.0 Å². The van der Waals surface area contributed by atoms with E-state index in [0.29, 0.717) is 26.1 Å². The highest BCUT2D eigenvalue weighted by atomic mass is 16.6. The molecule has 2 atom stereocenters. The minimum atomic E-state index is -0.660. The number of hydrogen-bond acceptors (Lipinski definition) is 4. The van der Waals surface area contributed by atoms with Gasteiger partial charge in [-0.25, -0.2) is 4.79 Å². The summed E-state index contributed by atoms with van der Waals surface area (Å²) in [4.78, 5) is 14.2. The third-order valence-electron chi connectivity index (χ3n) is 3.96. The molecule has 2 rings (SSSR count). The maximum Gasteiger partial charge on any atom is 0.410 e. The Morgan fingerprint density at radius 1 is 1.35 bits per heavy atom. The van der Waals surface area contributed by atoms with E-state index in [1.54, 1.807) is 4.90 Å². The van der Waals surface area contributed by atoms with Crippen molar-refractivity contribution in [1.29, 1.82) is 0 Å². The molecule has 2 saturated heterocycles. The quantitative estimate of drug-likeness (QED) is 0.846. The molecule has 2 aliphatic rings. The van der Waals surface area contributed by atoms with E-state index in [9.17, 15) is 9.90 Å². The molecule has 5 nitrogen and oxygen atoms in total.